The van der Waals surface area contributed by atoms with Crippen LogP contribution in [0.4, 0.5) is 5.13 Å². The summed E-state index contributed by atoms with van der Waals surface area (Å²) in [7, 11) is 0. The van der Waals surface area contributed by atoms with E-state index in [4.69, 9.17) is 11.6 Å². The highest BCUT2D eigenvalue weighted by Crippen LogP contribution is 2.26. The zero-order valence-electron chi connectivity index (χ0n) is 9.19. The minimum atomic E-state index is 0.621. The van der Waals surface area contributed by atoms with Gasteiger partial charge in [0.15, 0.2) is 0 Å². The number of benzene rings is 1. The van der Waals surface area contributed by atoms with E-state index < -0.39 is 0 Å². The van der Waals surface area contributed by atoms with Crippen molar-refractivity contribution in [2.45, 2.75) is 25.3 Å². The number of nitrogens with zero attached hydrogens (tertiary/aromatic N) is 2. The van der Waals surface area contributed by atoms with E-state index in [0.717, 1.165) is 21.5 Å². The fourth-order valence-corrected chi connectivity index (χ4v) is 2.46. The van der Waals surface area contributed by atoms with Crippen molar-refractivity contribution >= 4 is 28.3 Å². The molecule has 1 N–H and O–H groups in total. The summed E-state index contributed by atoms with van der Waals surface area (Å²) in [6, 6.07) is 8.44. The van der Waals surface area contributed by atoms with Gasteiger partial charge in [-0.25, -0.2) is 4.98 Å². The molecule has 17 heavy (non-hydrogen) atoms. The van der Waals surface area contributed by atoms with Crippen molar-refractivity contribution in [2.75, 3.05) is 5.32 Å². The number of rotatable bonds is 4. The van der Waals surface area contributed by atoms with E-state index in [1.807, 2.05) is 24.3 Å². The third kappa shape index (κ3) is 2.76. The maximum Gasteiger partial charge on any atom is 0.202 e. The molecule has 0 aliphatic heterocycles. The lowest BCUT2D eigenvalue weighted by molar-refractivity contribution is 1.03. The average molecular weight is 266 g/mol. The molecule has 5 heteroatoms. The van der Waals surface area contributed by atoms with E-state index in [1.54, 1.807) is 0 Å². The first kappa shape index (κ1) is 11.0. The summed E-state index contributed by atoms with van der Waals surface area (Å²) in [5.74, 6) is 0.839. The largest absolute Gasteiger partial charge is 0.358 e. The second-order valence-electron chi connectivity index (χ2n) is 4.20. The Balaban J connectivity index is 1.72. The Morgan fingerprint density at radius 3 is 2.94 bits per heavy atom. The summed E-state index contributed by atoms with van der Waals surface area (Å²) in [4.78, 5) is 4.46. The zero-order chi connectivity index (χ0) is 11.7. The van der Waals surface area contributed by atoms with E-state index in [2.05, 4.69) is 14.7 Å². The minimum absolute atomic E-state index is 0.621. The molecule has 0 amide bonds. The van der Waals surface area contributed by atoms with Gasteiger partial charge in [-0.1, -0.05) is 29.8 Å². The van der Waals surface area contributed by atoms with Crippen LogP contribution >= 0.6 is 23.1 Å². The monoisotopic (exact) mass is 265 g/mol. The summed E-state index contributed by atoms with van der Waals surface area (Å²) < 4.78 is 4.34. The maximum atomic E-state index is 6.11. The predicted octanol–water partition coefficient (Wildman–Crippen LogP) is 3.36. The number of hydrogen-bond donors (Lipinski definition) is 1. The van der Waals surface area contributed by atoms with Crippen LogP contribution in [0, 0.1) is 0 Å². The Bertz CT molecular complexity index is 522. The van der Waals surface area contributed by atoms with Crippen LogP contribution in [0.1, 0.15) is 24.2 Å². The van der Waals surface area contributed by atoms with Crippen molar-refractivity contribution in [1.82, 2.24) is 9.36 Å². The van der Waals surface area contributed by atoms with Crippen molar-refractivity contribution in [3.05, 3.63) is 40.7 Å². The second-order valence-corrected chi connectivity index (χ2v) is 5.36. The van der Waals surface area contributed by atoms with Gasteiger partial charge >= 0.3 is 0 Å². The molecule has 1 saturated carbocycles. The molecular formula is C12H12ClN3S. The van der Waals surface area contributed by atoms with Crippen LogP contribution in [0.3, 0.4) is 0 Å². The highest BCUT2D eigenvalue weighted by atomic mass is 35.5. The molecular weight excluding hydrogens is 254 g/mol. The molecule has 0 bridgehead atoms. The van der Waals surface area contributed by atoms with Gasteiger partial charge < -0.3 is 5.32 Å². The standard InChI is InChI=1S/C12H12ClN3S/c13-10-4-2-1-3-8(10)7-11-15-12(17-16-11)14-9-5-6-9/h1-4,9H,5-7H2,(H,14,15,16). The van der Waals surface area contributed by atoms with E-state index >= 15 is 0 Å². The van der Waals surface area contributed by atoms with Crippen molar-refractivity contribution in [1.29, 1.82) is 0 Å². The quantitative estimate of drug-likeness (QED) is 0.921. The fourth-order valence-electron chi connectivity index (χ4n) is 1.60. The summed E-state index contributed by atoms with van der Waals surface area (Å²) in [5, 5.41) is 5.05. The first-order valence-corrected chi connectivity index (χ1v) is 6.79. The van der Waals surface area contributed by atoms with Crippen molar-refractivity contribution < 1.29 is 0 Å². The van der Waals surface area contributed by atoms with Crippen molar-refractivity contribution in [3.8, 4) is 0 Å². The number of aromatic nitrogens is 2. The molecule has 1 aromatic heterocycles. The van der Waals surface area contributed by atoms with E-state index in [-0.39, 0.29) is 0 Å². The average Bonchev–Trinajstić information content (AvgIpc) is 3.02. The van der Waals surface area contributed by atoms with Gasteiger partial charge in [0, 0.05) is 29.0 Å². The Morgan fingerprint density at radius 1 is 1.35 bits per heavy atom. The van der Waals surface area contributed by atoms with Gasteiger partial charge in [0.1, 0.15) is 5.82 Å². The molecule has 1 aliphatic rings. The van der Waals surface area contributed by atoms with Crippen LogP contribution < -0.4 is 5.32 Å². The molecule has 1 heterocycles. The van der Waals surface area contributed by atoms with Gasteiger partial charge in [0.25, 0.3) is 0 Å². The van der Waals surface area contributed by atoms with E-state index in [1.165, 1.54) is 24.4 Å². The van der Waals surface area contributed by atoms with Crippen molar-refractivity contribution in [3.63, 3.8) is 0 Å². The Hall–Kier alpha value is -1.13. The minimum Gasteiger partial charge on any atom is -0.358 e. The molecule has 3 rings (SSSR count). The maximum absolute atomic E-state index is 6.11. The molecule has 0 radical (unpaired) electrons. The van der Waals surface area contributed by atoms with Gasteiger partial charge in [-0.3, -0.25) is 0 Å². The number of halogens is 1. The van der Waals surface area contributed by atoms with Crippen LogP contribution in [0.25, 0.3) is 0 Å². The number of nitrogens with one attached hydrogen (secondary N) is 1. The molecule has 0 unspecified atom stereocenters. The Kier molecular flexibility index (Phi) is 2.99. The molecule has 1 fully saturated rings. The third-order valence-electron chi connectivity index (χ3n) is 2.68. The lowest BCUT2D eigenvalue weighted by Crippen LogP contribution is -2.00. The lowest BCUT2D eigenvalue weighted by atomic mass is 10.1. The molecule has 1 aromatic carbocycles. The van der Waals surface area contributed by atoms with Crippen LogP contribution in [-0.4, -0.2) is 15.4 Å². The van der Waals surface area contributed by atoms with Gasteiger partial charge in [-0.2, -0.15) is 4.37 Å². The highest BCUT2D eigenvalue weighted by Gasteiger charge is 2.22. The Morgan fingerprint density at radius 2 is 2.18 bits per heavy atom. The Labute approximate surface area is 109 Å². The predicted molar refractivity (Wildman–Crippen MR) is 70.8 cm³/mol. The van der Waals surface area contributed by atoms with Crippen LogP contribution in [0.15, 0.2) is 24.3 Å². The lowest BCUT2D eigenvalue weighted by Gasteiger charge is -1.99. The molecule has 0 atom stereocenters. The summed E-state index contributed by atoms with van der Waals surface area (Å²) in [6.45, 7) is 0. The van der Waals surface area contributed by atoms with Gasteiger partial charge in [-0.05, 0) is 24.5 Å². The number of anilines is 1. The fraction of sp³-hybridized carbons (Fsp3) is 0.333. The number of hydrogen-bond acceptors (Lipinski definition) is 4. The second kappa shape index (κ2) is 4.63. The summed E-state index contributed by atoms with van der Waals surface area (Å²) >= 11 is 7.54. The van der Waals surface area contributed by atoms with Gasteiger partial charge in [0.05, 0.1) is 0 Å². The molecule has 88 valence electrons. The first-order valence-electron chi connectivity index (χ1n) is 5.64. The zero-order valence-corrected chi connectivity index (χ0v) is 10.8. The summed E-state index contributed by atoms with van der Waals surface area (Å²) in [6.07, 6.45) is 3.20. The van der Waals surface area contributed by atoms with Crippen LogP contribution in [0.2, 0.25) is 5.02 Å². The first-order chi connectivity index (χ1) is 8.31. The topological polar surface area (TPSA) is 37.8 Å². The van der Waals surface area contributed by atoms with Crippen molar-refractivity contribution in [2.24, 2.45) is 0 Å². The smallest absolute Gasteiger partial charge is 0.202 e. The normalized spacial score (nSPS) is 14.9. The van der Waals surface area contributed by atoms with Crippen LogP contribution in [-0.2, 0) is 6.42 Å². The summed E-state index contributed by atoms with van der Waals surface area (Å²) in [5.41, 5.74) is 1.07. The van der Waals surface area contributed by atoms with Gasteiger partial charge in [0.2, 0.25) is 5.13 Å². The molecule has 2 aromatic rings. The molecule has 1 aliphatic carbocycles. The SMILES string of the molecule is Clc1ccccc1Cc1nsc(NC2CC2)n1. The molecule has 0 spiro atoms. The van der Waals surface area contributed by atoms with E-state index in [0.29, 0.717) is 12.5 Å². The van der Waals surface area contributed by atoms with Crippen LogP contribution in [0.5, 0.6) is 0 Å². The molecule has 3 nitrogen and oxygen atoms in total. The van der Waals surface area contributed by atoms with Gasteiger partial charge in [-0.15, -0.1) is 0 Å². The highest BCUT2D eigenvalue weighted by molar-refractivity contribution is 7.09. The third-order valence-corrected chi connectivity index (χ3v) is 3.73. The van der Waals surface area contributed by atoms with E-state index in [9.17, 15) is 0 Å². The molecule has 0 saturated heterocycles.